The molecule has 0 aromatic rings. The number of likely N-dealkylation sites (tertiary alicyclic amines) is 1. The second kappa shape index (κ2) is 1.99. The Bertz CT molecular complexity index is 178. The van der Waals surface area contributed by atoms with Gasteiger partial charge in [0.2, 0.25) is 0 Å². The normalized spacial score (nSPS) is 47.5. The zero-order valence-corrected chi connectivity index (χ0v) is 7.54. The van der Waals surface area contributed by atoms with Crippen molar-refractivity contribution in [2.24, 2.45) is 17.3 Å². The third kappa shape index (κ3) is 0.798. The summed E-state index contributed by atoms with van der Waals surface area (Å²) in [6.45, 7) is 8.73. The number of fused-ring (bicyclic) bond motifs is 1. The molecule has 64 valence electrons. The summed E-state index contributed by atoms with van der Waals surface area (Å²) in [6, 6.07) is 0. The maximum atomic E-state index is 9.76. The van der Waals surface area contributed by atoms with Crippen molar-refractivity contribution in [3.63, 3.8) is 0 Å². The molecule has 1 saturated heterocycles. The van der Waals surface area contributed by atoms with Crippen LogP contribution in [0.25, 0.3) is 0 Å². The van der Waals surface area contributed by atoms with E-state index in [4.69, 9.17) is 0 Å². The van der Waals surface area contributed by atoms with E-state index in [1.807, 2.05) is 0 Å². The van der Waals surface area contributed by atoms with Gasteiger partial charge in [-0.05, 0) is 17.9 Å². The first-order valence-corrected chi connectivity index (χ1v) is 4.51. The van der Waals surface area contributed by atoms with Gasteiger partial charge in [-0.3, -0.25) is 4.90 Å². The Morgan fingerprint density at radius 1 is 1.55 bits per heavy atom. The molecule has 1 saturated carbocycles. The molecule has 2 nitrogen and oxygen atoms in total. The van der Waals surface area contributed by atoms with Crippen LogP contribution in [-0.2, 0) is 0 Å². The predicted molar refractivity (Wildman–Crippen MR) is 44.0 cm³/mol. The lowest BCUT2D eigenvalue weighted by atomic mass is 10.1. The number of hydrogen-bond donors (Lipinski definition) is 1. The van der Waals surface area contributed by atoms with Crippen LogP contribution >= 0.6 is 0 Å². The maximum absolute atomic E-state index is 9.76. The van der Waals surface area contributed by atoms with Crippen LogP contribution in [0.15, 0.2) is 0 Å². The highest BCUT2D eigenvalue weighted by atomic mass is 16.3. The van der Waals surface area contributed by atoms with Crippen LogP contribution in [0.2, 0.25) is 0 Å². The lowest BCUT2D eigenvalue weighted by Crippen LogP contribution is -2.35. The minimum atomic E-state index is -0.153. The molecule has 1 heterocycles. The molecule has 1 aliphatic heterocycles. The standard InChI is InChI=1S/C9H17NO/c1-4-10-5-6-7(8(10)11)9(6,2)3/h6-8,11H,4-5H2,1-3H3. The summed E-state index contributed by atoms with van der Waals surface area (Å²) < 4.78 is 0. The van der Waals surface area contributed by atoms with Crippen LogP contribution in [-0.4, -0.2) is 29.3 Å². The molecule has 2 aliphatic rings. The van der Waals surface area contributed by atoms with Crippen LogP contribution < -0.4 is 0 Å². The van der Waals surface area contributed by atoms with Gasteiger partial charge in [0.1, 0.15) is 6.23 Å². The van der Waals surface area contributed by atoms with E-state index in [0.29, 0.717) is 11.3 Å². The van der Waals surface area contributed by atoms with E-state index < -0.39 is 0 Å². The second-order valence-corrected chi connectivity index (χ2v) is 4.45. The third-order valence-electron chi connectivity index (χ3n) is 3.67. The van der Waals surface area contributed by atoms with Gasteiger partial charge in [-0.15, -0.1) is 0 Å². The Hall–Kier alpha value is -0.0800. The number of aliphatic hydroxyl groups excluding tert-OH is 1. The summed E-state index contributed by atoms with van der Waals surface area (Å²) in [5.41, 5.74) is 0.422. The van der Waals surface area contributed by atoms with E-state index >= 15 is 0 Å². The van der Waals surface area contributed by atoms with Gasteiger partial charge in [0.15, 0.2) is 0 Å². The lowest BCUT2D eigenvalue weighted by Gasteiger charge is -2.25. The first-order valence-electron chi connectivity index (χ1n) is 4.51. The largest absolute Gasteiger partial charge is 0.378 e. The Morgan fingerprint density at radius 2 is 2.18 bits per heavy atom. The van der Waals surface area contributed by atoms with E-state index in [0.717, 1.165) is 19.0 Å². The molecule has 3 atom stereocenters. The zero-order valence-electron chi connectivity index (χ0n) is 7.54. The van der Waals surface area contributed by atoms with Gasteiger partial charge < -0.3 is 5.11 Å². The van der Waals surface area contributed by atoms with Crippen molar-refractivity contribution in [1.82, 2.24) is 4.90 Å². The Morgan fingerprint density at radius 3 is 2.55 bits per heavy atom. The summed E-state index contributed by atoms with van der Waals surface area (Å²) >= 11 is 0. The molecule has 0 radical (unpaired) electrons. The Balaban J connectivity index is 2.06. The summed E-state index contributed by atoms with van der Waals surface area (Å²) in [4.78, 5) is 2.17. The fourth-order valence-corrected chi connectivity index (χ4v) is 2.63. The molecule has 0 bridgehead atoms. The molecule has 11 heavy (non-hydrogen) atoms. The number of aliphatic hydroxyl groups is 1. The van der Waals surface area contributed by atoms with Gasteiger partial charge >= 0.3 is 0 Å². The summed E-state index contributed by atoms with van der Waals surface area (Å²) in [7, 11) is 0. The van der Waals surface area contributed by atoms with Gasteiger partial charge in [-0.25, -0.2) is 0 Å². The average molecular weight is 155 g/mol. The van der Waals surface area contributed by atoms with Crippen molar-refractivity contribution in [2.45, 2.75) is 27.0 Å². The van der Waals surface area contributed by atoms with Crippen molar-refractivity contribution in [3.8, 4) is 0 Å². The van der Waals surface area contributed by atoms with E-state index in [1.165, 1.54) is 0 Å². The zero-order chi connectivity index (χ0) is 8.22. The smallest absolute Gasteiger partial charge is 0.111 e. The van der Waals surface area contributed by atoms with Gasteiger partial charge in [0.25, 0.3) is 0 Å². The number of rotatable bonds is 1. The van der Waals surface area contributed by atoms with Crippen molar-refractivity contribution in [3.05, 3.63) is 0 Å². The quantitative estimate of drug-likeness (QED) is 0.608. The Kier molecular flexibility index (Phi) is 1.37. The van der Waals surface area contributed by atoms with Crippen LogP contribution in [0, 0.1) is 17.3 Å². The molecule has 0 aromatic carbocycles. The topological polar surface area (TPSA) is 23.5 Å². The summed E-state index contributed by atoms with van der Waals surface area (Å²) in [5.74, 6) is 1.32. The molecule has 3 unspecified atom stereocenters. The third-order valence-corrected chi connectivity index (χ3v) is 3.67. The van der Waals surface area contributed by atoms with Crippen LogP contribution in [0.4, 0.5) is 0 Å². The maximum Gasteiger partial charge on any atom is 0.111 e. The molecule has 2 fully saturated rings. The molecule has 1 aliphatic carbocycles. The SMILES string of the molecule is CCN1CC2C(C1O)C2(C)C. The highest BCUT2D eigenvalue weighted by Gasteiger charge is 2.66. The van der Waals surface area contributed by atoms with E-state index in [-0.39, 0.29) is 6.23 Å². The molecule has 0 aromatic heterocycles. The molecule has 1 N–H and O–H groups in total. The van der Waals surface area contributed by atoms with Crippen molar-refractivity contribution < 1.29 is 5.11 Å². The summed E-state index contributed by atoms with van der Waals surface area (Å²) in [6.07, 6.45) is -0.153. The fourth-order valence-electron chi connectivity index (χ4n) is 2.63. The van der Waals surface area contributed by atoms with Gasteiger partial charge in [0, 0.05) is 12.5 Å². The van der Waals surface area contributed by atoms with E-state index in [2.05, 4.69) is 25.7 Å². The lowest BCUT2D eigenvalue weighted by molar-refractivity contribution is 0.00166. The molecule has 0 amide bonds. The first kappa shape index (κ1) is 7.56. The van der Waals surface area contributed by atoms with E-state index in [1.54, 1.807) is 0 Å². The van der Waals surface area contributed by atoms with Gasteiger partial charge in [-0.1, -0.05) is 20.8 Å². The monoisotopic (exact) mass is 155 g/mol. The Labute approximate surface area is 68.2 Å². The van der Waals surface area contributed by atoms with Gasteiger partial charge in [-0.2, -0.15) is 0 Å². The van der Waals surface area contributed by atoms with Crippen molar-refractivity contribution in [1.29, 1.82) is 0 Å². The van der Waals surface area contributed by atoms with E-state index in [9.17, 15) is 5.11 Å². The van der Waals surface area contributed by atoms with Crippen molar-refractivity contribution >= 4 is 0 Å². The van der Waals surface area contributed by atoms with Gasteiger partial charge in [0.05, 0.1) is 0 Å². The fraction of sp³-hybridized carbons (Fsp3) is 1.00. The minimum Gasteiger partial charge on any atom is -0.378 e. The van der Waals surface area contributed by atoms with Crippen molar-refractivity contribution in [2.75, 3.05) is 13.1 Å². The molecule has 2 heteroatoms. The molecular formula is C9H17NO. The number of nitrogens with zero attached hydrogens (tertiary/aromatic N) is 1. The van der Waals surface area contributed by atoms with Crippen LogP contribution in [0.1, 0.15) is 20.8 Å². The summed E-state index contributed by atoms with van der Waals surface area (Å²) in [5, 5.41) is 9.76. The number of piperidine rings is 1. The molecule has 2 rings (SSSR count). The second-order valence-electron chi connectivity index (χ2n) is 4.45. The van der Waals surface area contributed by atoms with Crippen LogP contribution in [0.3, 0.4) is 0 Å². The number of hydrogen-bond acceptors (Lipinski definition) is 2. The highest BCUT2D eigenvalue weighted by molar-refractivity contribution is 5.13. The first-order chi connectivity index (χ1) is 5.09. The minimum absolute atomic E-state index is 0.153. The molecule has 0 spiro atoms. The predicted octanol–water partition coefficient (Wildman–Crippen LogP) is 0.912. The molecular weight excluding hydrogens is 138 g/mol. The van der Waals surface area contributed by atoms with Crippen LogP contribution in [0.5, 0.6) is 0 Å². The average Bonchev–Trinajstić information content (AvgIpc) is 2.34. The highest BCUT2D eigenvalue weighted by Crippen LogP contribution is 2.64.